The van der Waals surface area contributed by atoms with Gasteiger partial charge in [0.05, 0.1) is 12.8 Å². The van der Waals surface area contributed by atoms with E-state index in [0.717, 1.165) is 23.7 Å². The summed E-state index contributed by atoms with van der Waals surface area (Å²) in [5.74, 6) is 1.49. The lowest BCUT2D eigenvalue weighted by Crippen LogP contribution is -2.03. The van der Waals surface area contributed by atoms with Crippen molar-refractivity contribution >= 4 is 23.2 Å². The van der Waals surface area contributed by atoms with Gasteiger partial charge in [-0.15, -0.1) is 0 Å². The Morgan fingerprint density at radius 3 is 2.89 bits per heavy atom. The molecule has 18 heavy (non-hydrogen) atoms. The molecule has 4 nitrogen and oxygen atoms in total. The Labute approximate surface area is 112 Å². The summed E-state index contributed by atoms with van der Waals surface area (Å²) in [6.07, 6.45) is 3.69. The van der Waals surface area contributed by atoms with Crippen molar-refractivity contribution in [3.8, 4) is 5.75 Å². The Morgan fingerprint density at radius 2 is 2.22 bits per heavy atom. The predicted molar refractivity (Wildman–Crippen MR) is 73.9 cm³/mol. The average molecular weight is 266 g/mol. The molecule has 0 fully saturated rings. The lowest BCUT2D eigenvalue weighted by atomic mass is 10.2. The molecule has 0 spiro atoms. The third kappa shape index (κ3) is 2.43. The van der Waals surface area contributed by atoms with E-state index in [-0.39, 0.29) is 0 Å². The van der Waals surface area contributed by atoms with E-state index in [9.17, 15) is 0 Å². The van der Waals surface area contributed by atoms with E-state index < -0.39 is 0 Å². The van der Waals surface area contributed by atoms with Crippen LogP contribution in [0.1, 0.15) is 12.5 Å². The van der Waals surface area contributed by atoms with Gasteiger partial charge in [0.25, 0.3) is 0 Å². The summed E-state index contributed by atoms with van der Waals surface area (Å²) in [4.78, 5) is 4.27. The minimum Gasteiger partial charge on any atom is -0.495 e. The van der Waals surface area contributed by atoms with Crippen molar-refractivity contribution in [2.75, 3.05) is 12.4 Å². The van der Waals surface area contributed by atoms with Gasteiger partial charge in [0.1, 0.15) is 5.75 Å². The first-order chi connectivity index (χ1) is 8.65. The second-order valence-electron chi connectivity index (χ2n) is 3.96. The number of nitrogens with zero attached hydrogens (tertiary/aromatic N) is 2. The molecule has 0 bridgehead atoms. The highest BCUT2D eigenvalue weighted by Crippen LogP contribution is 2.32. The van der Waals surface area contributed by atoms with Crippen molar-refractivity contribution in [2.45, 2.75) is 20.4 Å². The third-order valence-corrected chi connectivity index (χ3v) is 3.19. The number of anilines is 2. The minimum atomic E-state index is 0.691. The van der Waals surface area contributed by atoms with Crippen LogP contribution < -0.4 is 10.1 Å². The minimum absolute atomic E-state index is 0.691. The van der Waals surface area contributed by atoms with Crippen molar-refractivity contribution < 1.29 is 4.74 Å². The molecule has 0 radical (unpaired) electrons. The monoisotopic (exact) mass is 265 g/mol. The number of hydrogen-bond donors (Lipinski definition) is 1. The smallest absolute Gasteiger partial charge is 0.207 e. The molecule has 96 valence electrons. The van der Waals surface area contributed by atoms with E-state index in [2.05, 4.69) is 17.2 Å². The highest BCUT2D eigenvalue weighted by Gasteiger charge is 2.09. The number of methoxy groups -OCH3 is 1. The summed E-state index contributed by atoms with van der Waals surface area (Å²) in [5, 5.41) is 3.95. The molecule has 2 rings (SSSR count). The van der Waals surface area contributed by atoms with Crippen LogP contribution in [0.4, 0.5) is 11.6 Å². The van der Waals surface area contributed by atoms with Crippen LogP contribution in [-0.4, -0.2) is 16.7 Å². The van der Waals surface area contributed by atoms with Gasteiger partial charge in [-0.3, -0.25) is 0 Å². The number of rotatable bonds is 4. The van der Waals surface area contributed by atoms with Crippen LogP contribution in [0.15, 0.2) is 24.5 Å². The molecular weight excluding hydrogens is 250 g/mol. The van der Waals surface area contributed by atoms with Crippen LogP contribution in [0.25, 0.3) is 0 Å². The SMILES string of the molecule is CCn1ccnc1Nc1cc(C)c(Cl)cc1OC. The Morgan fingerprint density at radius 1 is 1.44 bits per heavy atom. The zero-order valence-electron chi connectivity index (χ0n) is 10.7. The first-order valence-electron chi connectivity index (χ1n) is 5.78. The predicted octanol–water partition coefficient (Wildman–Crippen LogP) is 3.62. The molecule has 0 saturated carbocycles. The van der Waals surface area contributed by atoms with Crippen LogP contribution >= 0.6 is 11.6 Å². The molecule has 5 heteroatoms. The second kappa shape index (κ2) is 5.31. The molecular formula is C13H16ClN3O. The number of aryl methyl sites for hydroxylation is 2. The van der Waals surface area contributed by atoms with E-state index in [1.807, 2.05) is 23.8 Å². The number of nitrogens with one attached hydrogen (secondary N) is 1. The quantitative estimate of drug-likeness (QED) is 0.918. The molecule has 0 aliphatic heterocycles. The van der Waals surface area contributed by atoms with E-state index in [1.165, 1.54) is 0 Å². The Hall–Kier alpha value is -1.68. The van der Waals surface area contributed by atoms with Crippen molar-refractivity contribution in [1.29, 1.82) is 0 Å². The number of ether oxygens (including phenoxy) is 1. The Balaban J connectivity index is 2.36. The van der Waals surface area contributed by atoms with Gasteiger partial charge < -0.3 is 14.6 Å². The average Bonchev–Trinajstić information content (AvgIpc) is 2.80. The van der Waals surface area contributed by atoms with E-state index >= 15 is 0 Å². The van der Waals surface area contributed by atoms with Crippen LogP contribution in [0, 0.1) is 6.92 Å². The zero-order chi connectivity index (χ0) is 13.1. The fraction of sp³-hybridized carbons (Fsp3) is 0.308. The maximum Gasteiger partial charge on any atom is 0.207 e. The van der Waals surface area contributed by atoms with Gasteiger partial charge in [-0.2, -0.15) is 0 Å². The van der Waals surface area contributed by atoms with Gasteiger partial charge in [0.15, 0.2) is 0 Å². The van der Waals surface area contributed by atoms with Gasteiger partial charge in [-0.25, -0.2) is 4.98 Å². The van der Waals surface area contributed by atoms with Gasteiger partial charge in [0.2, 0.25) is 5.95 Å². The molecule has 0 aliphatic rings. The van der Waals surface area contributed by atoms with E-state index in [1.54, 1.807) is 19.4 Å². The number of benzene rings is 1. The fourth-order valence-electron chi connectivity index (χ4n) is 1.74. The standard InChI is InChI=1S/C13H16ClN3O/c1-4-17-6-5-15-13(17)16-11-7-9(2)10(14)8-12(11)18-3/h5-8H,4H2,1-3H3,(H,15,16). The van der Waals surface area contributed by atoms with Crippen LogP contribution in [0.2, 0.25) is 5.02 Å². The largest absolute Gasteiger partial charge is 0.495 e. The summed E-state index contributed by atoms with van der Waals surface area (Å²) < 4.78 is 7.34. The molecule has 0 amide bonds. The lowest BCUT2D eigenvalue weighted by molar-refractivity contribution is 0.416. The van der Waals surface area contributed by atoms with Gasteiger partial charge in [-0.1, -0.05) is 11.6 Å². The Bertz CT molecular complexity index is 551. The lowest BCUT2D eigenvalue weighted by Gasteiger charge is -2.13. The number of aromatic nitrogens is 2. The van der Waals surface area contributed by atoms with Crippen LogP contribution in [0.5, 0.6) is 5.75 Å². The molecule has 2 aromatic rings. The highest BCUT2D eigenvalue weighted by molar-refractivity contribution is 6.31. The van der Waals surface area contributed by atoms with Crippen molar-refractivity contribution in [3.63, 3.8) is 0 Å². The summed E-state index contributed by atoms with van der Waals surface area (Å²) in [6, 6.07) is 3.76. The summed E-state index contributed by atoms with van der Waals surface area (Å²) in [7, 11) is 1.62. The highest BCUT2D eigenvalue weighted by atomic mass is 35.5. The van der Waals surface area contributed by atoms with Gasteiger partial charge >= 0.3 is 0 Å². The third-order valence-electron chi connectivity index (χ3n) is 2.78. The summed E-state index contributed by atoms with van der Waals surface area (Å²) in [5.41, 5.74) is 1.86. The fourth-order valence-corrected chi connectivity index (χ4v) is 1.89. The second-order valence-corrected chi connectivity index (χ2v) is 4.37. The first-order valence-corrected chi connectivity index (χ1v) is 6.15. The topological polar surface area (TPSA) is 39.1 Å². The summed E-state index contributed by atoms with van der Waals surface area (Å²) in [6.45, 7) is 4.88. The maximum atomic E-state index is 6.08. The van der Waals surface area contributed by atoms with Crippen LogP contribution in [0.3, 0.4) is 0 Å². The molecule has 1 aromatic carbocycles. The molecule has 1 aromatic heterocycles. The molecule has 0 aliphatic carbocycles. The zero-order valence-corrected chi connectivity index (χ0v) is 11.5. The molecule has 0 saturated heterocycles. The first kappa shape index (κ1) is 12.8. The molecule has 1 heterocycles. The van der Waals surface area contributed by atoms with E-state index in [4.69, 9.17) is 16.3 Å². The molecule has 0 unspecified atom stereocenters. The maximum absolute atomic E-state index is 6.08. The van der Waals surface area contributed by atoms with Crippen LogP contribution in [-0.2, 0) is 6.54 Å². The van der Waals surface area contributed by atoms with Crippen molar-refractivity contribution in [2.24, 2.45) is 0 Å². The number of imidazole rings is 1. The van der Waals surface area contributed by atoms with E-state index in [0.29, 0.717) is 10.8 Å². The van der Waals surface area contributed by atoms with Crippen molar-refractivity contribution in [1.82, 2.24) is 9.55 Å². The number of hydrogen-bond acceptors (Lipinski definition) is 3. The summed E-state index contributed by atoms with van der Waals surface area (Å²) >= 11 is 6.08. The normalized spacial score (nSPS) is 10.4. The van der Waals surface area contributed by atoms with Crippen molar-refractivity contribution in [3.05, 3.63) is 35.1 Å². The Kier molecular flexibility index (Phi) is 3.77. The molecule has 1 N–H and O–H groups in total. The number of halogens is 1. The van der Waals surface area contributed by atoms with Gasteiger partial charge in [0, 0.05) is 30.0 Å². The molecule has 0 atom stereocenters. The van der Waals surface area contributed by atoms with Gasteiger partial charge in [-0.05, 0) is 25.5 Å².